The van der Waals surface area contributed by atoms with Gasteiger partial charge in [0.05, 0.1) is 17.7 Å². The van der Waals surface area contributed by atoms with Gasteiger partial charge in [-0.05, 0) is 56.7 Å². The van der Waals surface area contributed by atoms with Gasteiger partial charge in [0.1, 0.15) is 11.3 Å². The summed E-state index contributed by atoms with van der Waals surface area (Å²) in [6, 6.07) is 9.51. The summed E-state index contributed by atoms with van der Waals surface area (Å²) >= 11 is 0. The van der Waals surface area contributed by atoms with Crippen LogP contribution in [0.15, 0.2) is 36.4 Å². The standard InChI is InChI=1S/C19H21FN4O2/c1-4-19(3,26)11-16(25)23-18-22-15-10-5-12(2)21-17(15)24(18)14-8-6-13(20)7-9-14/h5-10,26H,4,11H2,1-3H3,(H,22,23,25). The zero-order valence-corrected chi connectivity index (χ0v) is 15.0. The van der Waals surface area contributed by atoms with Crippen LogP contribution in [-0.2, 0) is 4.79 Å². The molecule has 7 heteroatoms. The maximum atomic E-state index is 13.3. The first-order valence-corrected chi connectivity index (χ1v) is 8.43. The van der Waals surface area contributed by atoms with Crippen molar-refractivity contribution >= 4 is 23.0 Å². The van der Waals surface area contributed by atoms with E-state index in [1.165, 1.54) is 12.1 Å². The number of anilines is 1. The van der Waals surface area contributed by atoms with E-state index in [0.29, 0.717) is 23.3 Å². The average Bonchev–Trinajstić information content (AvgIpc) is 2.92. The summed E-state index contributed by atoms with van der Waals surface area (Å²) < 4.78 is 15.0. The molecule has 2 heterocycles. The Morgan fingerprint density at radius 2 is 1.92 bits per heavy atom. The lowest BCUT2D eigenvalue weighted by Gasteiger charge is -2.20. The molecule has 0 aliphatic rings. The van der Waals surface area contributed by atoms with Gasteiger partial charge in [0.15, 0.2) is 5.65 Å². The number of hydrogen-bond acceptors (Lipinski definition) is 4. The van der Waals surface area contributed by atoms with E-state index in [1.807, 2.05) is 26.0 Å². The van der Waals surface area contributed by atoms with Crippen LogP contribution in [0, 0.1) is 12.7 Å². The topological polar surface area (TPSA) is 80.0 Å². The normalized spacial score (nSPS) is 13.6. The molecule has 2 N–H and O–H groups in total. The molecule has 136 valence electrons. The van der Waals surface area contributed by atoms with Crippen LogP contribution < -0.4 is 5.32 Å². The predicted octanol–water partition coefficient (Wildman–Crippen LogP) is 3.36. The maximum Gasteiger partial charge on any atom is 0.229 e. The number of hydrogen-bond donors (Lipinski definition) is 2. The van der Waals surface area contributed by atoms with Gasteiger partial charge in [-0.3, -0.25) is 14.7 Å². The molecule has 0 bridgehead atoms. The van der Waals surface area contributed by atoms with Crippen molar-refractivity contribution in [2.24, 2.45) is 0 Å². The molecule has 0 saturated carbocycles. The third-order valence-corrected chi connectivity index (χ3v) is 4.28. The van der Waals surface area contributed by atoms with Gasteiger partial charge in [-0.2, -0.15) is 0 Å². The van der Waals surface area contributed by atoms with E-state index in [2.05, 4.69) is 15.3 Å². The summed E-state index contributed by atoms with van der Waals surface area (Å²) in [6.07, 6.45) is 0.401. The molecule has 26 heavy (non-hydrogen) atoms. The largest absolute Gasteiger partial charge is 0.390 e. The first-order chi connectivity index (χ1) is 12.3. The molecular formula is C19H21FN4O2. The molecule has 0 saturated heterocycles. The number of halogens is 1. The second kappa shape index (κ2) is 6.84. The number of benzene rings is 1. The van der Waals surface area contributed by atoms with E-state index in [4.69, 9.17) is 0 Å². The van der Waals surface area contributed by atoms with E-state index in [1.54, 1.807) is 23.6 Å². The first-order valence-electron chi connectivity index (χ1n) is 8.43. The van der Waals surface area contributed by atoms with Crippen LogP contribution in [0.25, 0.3) is 16.9 Å². The molecule has 1 unspecified atom stereocenters. The summed E-state index contributed by atoms with van der Waals surface area (Å²) in [7, 11) is 0. The zero-order chi connectivity index (χ0) is 18.9. The highest BCUT2D eigenvalue weighted by atomic mass is 19.1. The highest BCUT2D eigenvalue weighted by Gasteiger charge is 2.24. The molecule has 0 aliphatic heterocycles. The number of carbonyl (C=O) groups is 1. The third-order valence-electron chi connectivity index (χ3n) is 4.28. The Kier molecular flexibility index (Phi) is 4.73. The number of fused-ring (bicyclic) bond motifs is 1. The highest BCUT2D eigenvalue weighted by Crippen LogP contribution is 2.25. The second-order valence-electron chi connectivity index (χ2n) is 6.62. The summed E-state index contributed by atoms with van der Waals surface area (Å²) in [5, 5.41) is 12.9. The molecule has 0 radical (unpaired) electrons. The molecule has 1 atom stereocenters. The Morgan fingerprint density at radius 3 is 2.58 bits per heavy atom. The monoisotopic (exact) mass is 356 g/mol. The summed E-state index contributed by atoms with van der Waals surface area (Å²) in [4.78, 5) is 21.3. The number of nitrogens with zero attached hydrogens (tertiary/aromatic N) is 3. The predicted molar refractivity (Wildman–Crippen MR) is 97.7 cm³/mol. The molecule has 3 rings (SSSR count). The fourth-order valence-corrected chi connectivity index (χ4v) is 2.61. The number of pyridine rings is 1. The zero-order valence-electron chi connectivity index (χ0n) is 15.0. The number of aliphatic hydroxyl groups is 1. The smallest absolute Gasteiger partial charge is 0.229 e. The van der Waals surface area contributed by atoms with E-state index in [-0.39, 0.29) is 24.1 Å². The van der Waals surface area contributed by atoms with Gasteiger partial charge in [-0.1, -0.05) is 6.92 Å². The number of amides is 1. The SMILES string of the molecule is CCC(C)(O)CC(=O)Nc1nc2ccc(C)nc2n1-c1ccc(F)cc1. The number of rotatable bonds is 5. The van der Waals surface area contributed by atoms with E-state index < -0.39 is 5.60 Å². The molecule has 0 fully saturated rings. The minimum Gasteiger partial charge on any atom is -0.390 e. The van der Waals surface area contributed by atoms with Crippen molar-refractivity contribution in [1.82, 2.24) is 14.5 Å². The van der Waals surface area contributed by atoms with Gasteiger partial charge >= 0.3 is 0 Å². The highest BCUT2D eigenvalue weighted by molar-refractivity contribution is 5.92. The molecular weight excluding hydrogens is 335 g/mol. The van der Waals surface area contributed by atoms with Crippen LogP contribution in [0.5, 0.6) is 0 Å². The molecule has 2 aromatic heterocycles. The van der Waals surface area contributed by atoms with Gasteiger partial charge in [0, 0.05) is 5.69 Å². The van der Waals surface area contributed by atoms with Crippen molar-refractivity contribution < 1.29 is 14.3 Å². The van der Waals surface area contributed by atoms with Crippen molar-refractivity contribution in [2.45, 2.75) is 39.2 Å². The lowest BCUT2D eigenvalue weighted by molar-refractivity contribution is -0.120. The van der Waals surface area contributed by atoms with Gasteiger partial charge in [-0.25, -0.2) is 14.4 Å². The van der Waals surface area contributed by atoms with Crippen LogP contribution in [0.1, 0.15) is 32.4 Å². The Morgan fingerprint density at radius 1 is 1.23 bits per heavy atom. The summed E-state index contributed by atoms with van der Waals surface area (Å²) in [5.74, 6) is -0.430. The first kappa shape index (κ1) is 18.0. The fraction of sp³-hybridized carbons (Fsp3) is 0.316. The van der Waals surface area contributed by atoms with E-state index >= 15 is 0 Å². The molecule has 0 aliphatic carbocycles. The minimum atomic E-state index is -1.09. The van der Waals surface area contributed by atoms with Gasteiger partial charge < -0.3 is 5.11 Å². The van der Waals surface area contributed by atoms with Crippen molar-refractivity contribution in [3.63, 3.8) is 0 Å². The minimum absolute atomic E-state index is 0.0530. The second-order valence-corrected chi connectivity index (χ2v) is 6.62. The summed E-state index contributed by atoms with van der Waals surface area (Å²) in [6.45, 7) is 5.28. The van der Waals surface area contributed by atoms with Crippen molar-refractivity contribution in [3.05, 3.63) is 47.9 Å². The van der Waals surface area contributed by atoms with Crippen LogP contribution in [0.2, 0.25) is 0 Å². The number of aromatic nitrogens is 3. The lowest BCUT2D eigenvalue weighted by Crippen LogP contribution is -2.30. The van der Waals surface area contributed by atoms with Gasteiger partial charge in [-0.15, -0.1) is 0 Å². The van der Waals surface area contributed by atoms with Crippen LogP contribution in [-0.4, -0.2) is 31.1 Å². The van der Waals surface area contributed by atoms with Crippen LogP contribution >= 0.6 is 0 Å². The fourth-order valence-electron chi connectivity index (χ4n) is 2.61. The Hall–Kier alpha value is -2.80. The number of carbonyl (C=O) groups excluding carboxylic acids is 1. The molecule has 0 spiro atoms. The lowest BCUT2D eigenvalue weighted by atomic mass is 9.99. The van der Waals surface area contributed by atoms with E-state index in [9.17, 15) is 14.3 Å². The van der Waals surface area contributed by atoms with Crippen LogP contribution in [0.4, 0.5) is 10.3 Å². The van der Waals surface area contributed by atoms with Gasteiger partial charge in [0.25, 0.3) is 0 Å². The summed E-state index contributed by atoms with van der Waals surface area (Å²) in [5.41, 5.74) is 1.51. The molecule has 3 aromatic rings. The van der Waals surface area contributed by atoms with Crippen molar-refractivity contribution in [2.75, 3.05) is 5.32 Å². The molecule has 6 nitrogen and oxygen atoms in total. The Bertz CT molecular complexity index is 948. The third kappa shape index (κ3) is 3.72. The number of aryl methyl sites for hydroxylation is 1. The number of nitrogens with one attached hydrogen (secondary N) is 1. The molecule has 1 aromatic carbocycles. The quantitative estimate of drug-likeness (QED) is 0.735. The number of imidazole rings is 1. The Labute approximate surface area is 150 Å². The van der Waals surface area contributed by atoms with Crippen molar-refractivity contribution in [1.29, 1.82) is 0 Å². The Balaban J connectivity index is 2.05. The van der Waals surface area contributed by atoms with Crippen molar-refractivity contribution in [3.8, 4) is 5.69 Å². The molecule has 1 amide bonds. The van der Waals surface area contributed by atoms with Crippen LogP contribution in [0.3, 0.4) is 0 Å². The average molecular weight is 356 g/mol. The van der Waals surface area contributed by atoms with E-state index in [0.717, 1.165) is 5.69 Å². The van der Waals surface area contributed by atoms with Gasteiger partial charge in [0.2, 0.25) is 11.9 Å². The maximum absolute atomic E-state index is 13.3.